The van der Waals surface area contributed by atoms with Crippen LogP contribution in [-0.4, -0.2) is 29.9 Å². The molecule has 0 aromatic carbocycles. The van der Waals surface area contributed by atoms with Crippen molar-refractivity contribution in [1.82, 2.24) is 4.90 Å². The Morgan fingerprint density at radius 2 is 2.00 bits per heavy atom. The molecular formula is C11H22N2O. The second kappa shape index (κ2) is 4.78. The van der Waals surface area contributed by atoms with Crippen molar-refractivity contribution < 1.29 is 4.79 Å². The lowest BCUT2D eigenvalue weighted by Gasteiger charge is -2.26. The molecule has 1 aliphatic carbocycles. The minimum atomic E-state index is -0.195. The number of nitrogens with zero attached hydrogens (tertiary/aromatic N) is 1. The third kappa shape index (κ3) is 2.98. The van der Waals surface area contributed by atoms with E-state index in [0.29, 0.717) is 6.42 Å². The van der Waals surface area contributed by atoms with Gasteiger partial charge in [-0.15, -0.1) is 0 Å². The molecule has 0 radical (unpaired) electrons. The Bertz CT molecular complexity index is 197. The first kappa shape index (κ1) is 11.5. The maximum absolute atomic E-state index is 11.7. The first-order chi connectivity index (χ1) is 6.57. The molecule has 3 nitrogen and oxygen atoms in total. The number of nitrogens with two attached hydrogens (primary N) is 1. The molecule has 0 aromatic rings. The van der Waals surface area contributed by atoms with Gasteiger partial charge in [-0.2, -0.15) is 0 Å². The lowest BCUT2D eigenvalue weighted by Crippen LogP contribution is -2.42. The Labute approximate surface area is 86.6 Å². The highest BCUT2D eigenvalue weighted by Crippen LogP contribution is 2.30. The summed E-state index contributed by atoms with van der Waals surface area (Å²) in [4.78, 5) is 13.5. The van der Waals surface area contributed by atoms with Crippen LogP contribution < -0.4 is 5.73 Å². The van der Waals surface area contributed by atoms with Crippen molar-refractivity contribution in [3.63, 3.8) is 0 Å². The molecule has 14 heavy (non-hydrogen) atoms. The average Bonchev–Trinajstić information content (AvgIpc) is 2.52. The molecule has 0 atom stereocenters. The van der Waals surface area contributed by atoms with Crippen molar-refractivity contribution >= 4 is 5.91 Å². The minimum Gasteiger partial charge on any atom is -0.346 e. The number of amides is 1. The van der Waals surface area contributed by atoms with Gasteiger partial charge in [0.1, 0.15) is 0 Å². The van der Waals surface area contributed by atoms with Gasteiger partial charge in [0, 0.05) is 25.6 Å². The lowest BCUT2D eigenvalue weighted by atomic mass is 9.94. The van der Waals surface area contributed by atoms with Gasteiger partial charge in [0.25, 0.3) is 0 Å². The van der Waals surface area contributed by atoms with Gasteiger partial charge >= 0.3 is 0 Å². The number of carbonyl (C=O) groups is 1. The quantitative estimate of drug-likeness (QED) is 0.744. The molecule has 3 heteroatoms. The predicted octanol–water partition coefficient (Wildman–Crippen LogP) is 1.52. The molecule has 0 aromatic heterocycles. The summed E-state index contributed by atoms with van der Waals surface area (Å²) in [6.45, 7) is 2.92. The van der Waals surface area contributed by atoms with E-state index >= 15 is 0 Å². The van der Waals surface area contributed by atoms with Gasteiger partial charge in [0.15, 0.2) is 0 Å². The van der Waals surface area contributed by atoms with E-state index in [1.165, 1.54) is 12.8 Å². The van der Waals surface area contributed by atoms with Gasteiger partial charge in [-0.1, -0.05) is 19.8 Å². The highest BCUT2D eigenvalue weighted by atomic mass is 16.2. The lowest BCUT2D eigenvalue weighted by molar-refractivity contribution is -0.131. The molecule has 1 saturated carbocycles. The van der Waals surface area contributed by atoms with E-state index in [1.807, 2.05) is 7.05 Å². The molecule has 0 unspecified atom stereocenters. The number of rotatable bonds is 4. The zero-order chi connectivity index (χ0) is 10.6. The molecule has 82 valence electrons. The Balaban J connectivity index is 2.39. The molecule has 1 fully saturated rings. The van der Waals surface area contributed by atoms with E-state index in [-0.39, 0.29) is 11.4 Å². The maximum atomic E-state index is 11.7. The molecular weight excluding hydrogens is 176 g/mol. The molecule has 0 heterocycles. The zero-order valence-electron chi connectivity index (χ0n) is 9.38. The third-order valence-corrected chi connectivity index (χ3v) is 3.09. The zero-order valence-corrected chi connectivity index (χ0v) is 9.38. The summed E-state index contributed by atoms with van der Waals surface area (Å²) >= 11 is 0. The van der Waals surface area contributed by atoms with Crippen molar-refractivity contribution in [3.8, 4) is 0 Å². The Hall–Kier alpha value is -0.570. The van der Waals surface area contributed by atoms with Crippen molar-refractivity contribution in [1.29, 1.82) is 0 Å². The van der Waals surface area contributed by atoms with Crippen LogP contribution in [0.5, 0.6) is 0 Å². The molecule has 0 saturated heterocycles. The van der Waals surface area contributed by atoms with Gasteiger partial charge in [-0.05, 0) is 19.3 Å². The van der Waals surface area contributed by atoms with Crippen LogP contribution in [0.2, 0.25) is 0 Å². The van der Waals surface area contributed by atoms with E-state index in [0.717, 1.165) is 25.8 Å². The molecule has 0 spiro atoms. The summed E-state index contributed by atoms with van der Waals surface area (Å²) in [7, 11) is 1.87. The van der Waals surface area contributed by atoms with E-state index in [2.05, 4.69) is 6.92 Å². The molecule has 0 aliphatic heterocycles. The SMILES string of the molecule is CCCN(C)C(=O)CC1(N)CCCC1. The summed E-state index contributed by atoms with van der Waals surface area (Å²) in [6, 6.07) is 0. The molecule has 2 N–H and O–H groups in total. The Kier molecular flexibility index (Phi) is 3.93. The van der Waals surface area contributed by atoms with Crippen LogP contribution in [0.3, 0.4) is 0 Å². The van der Waals surface area contributed by atoms with Crippen molar-refractivity contribution in [2.45, 2.75) is 51.0 Å². The van der Waals surface area contributed by atoms with Crippen molar-refractivity contribution in [2.75, 3.05) is 13.6 Å². The van der Waals surface area contributed by atoms with Crippen LogP contribution in [0.4, 0.5) is 0 Å². The van der Waals surface area contributed by atoms with Crippen LogP contribution >= 0.6 is 0 Å². The molecule has 1 aliphatic rings. The fourth-order valence-electron chi connectivity index (χ4n) is 2.15. The van der Waals surface area contributed by atoms with Crippen molar-refractivity contribution in [3.05, 3.63) is 0 Å². The minimum absolute atomic E-state index is 0.195. The first-order valence-corrected chi connectivity index (χ1v) is 5.60. The van der Waals surface area contributed by atoms with Gasteiger partial charge in [-0.3, -0.25) is 4.79 Å². The normalized spacial score (nSPS) is 19.6. The topological polar surface area (TPSA) is 46.3 Å². The summed E-state index contributed by atoms with van der Waals surface area (Å²) in [5.41, 5.74) is 5.95. The smallest absolute Gasteiger partial charge is 0.224 e. The van der Waals surface area contributed by atoms with Crippen LogP contribution in [0, 0.1) is 0 Å². The van der Waals surface area contributed by atoms with E-state index in [4.69, 9.17) is 5.73 Å². The molecule has 0 bridgehead atoms. The standard InChI is InChI=1S/C11H22N2O/c1-3-8-13(2)10(14)9-11(12)6-4-5-7-11/h3-9,12H2,1-2H3. The predicted molar refractivity (Wildman–Crippen MR) is 57.9 cm³/mol. The van der Waals surface area contributed by atoms with Gasteiger partial charge in [0.05, 0.1) is 0 Å². The third-order valence-electron chi connectivity index (χ3n) is 3.09. The number of carbonyl (C=O) groups excluding carboxylic acids is 1. The van der Waals surface area contributed by atoms with Crippen LogP contribution in [0.1, 0.15) is 45.4 Å². The summed E-state index contributed by atoms with van der Waals surface area (Å²) < 4.78 is 0. The fourth-order valence-corrected chi connectivity index (χ4v) is 2.15. The first-order valence-electron chi connectivity index (χ1n) is 5.60. The Morgan fingerprint density at radius 1 is 1.43 bits per heavy atom. The maximum Gasteiger partial charge on any atom is 0.224 e. The highest BCUT2D eigenvalue weighted by Gasteiger charge is 2.32. The fraction of sp³-hybridized carbons (Fsp3) is 0.909. The van der Waals surface area contributed by atoms with Crippen LogP contribution in [-0.2, 0) is 4.79 Å². The second-order valence-electron chi connectivity index (χ2n) is 4.56. The molecule has 1 rings (SSSR count). The van der Waals surface area contributed by atoms with Gasteiger partial charge < -0.3 is 10.6 Å². The highest BCUT2D eigenvalue weighted by molar-refractivity contribution is 5.77. The van der Waals surface area contributed by atoms with Gasteiger partial charge in [-0.25, -0.2) is 0 Å². The van der Waals surface area contributed by atoms with E-state index < -0.39 is 0 Å². The second-order valence-corrected chi connectivity index (χ2v) is 4.56. The monoisotopic (exact) mass is 198 g/mol. The summed E-state index contributed by atoms with van der Waals surface area (Å²) in [5, 5.41) is 0. The van der Waals surface area contributed by atoms with E-state index in [1.54, 1.807) is 4.90 Å². The van der Waals surface area contributed by atoms with Gasteiger partial charge in [0.2, 0.25) is 5.91 Å². The summed E-state index contributed by atoms with van der Waals surface area (Å²) in [5.74, 6) is 0.205. The van der Waals surface area contributed by atoms with Crippen LogP contribution in [0.15, 0.2) is 0 Å². The average molecular weight is 198 g/mol. The number of hydrogen-bond acceptors (Lipinski definition) is 2. The largest absolute Gasteiger partial charge is 0.346 e. The van der Waals surface area contributed by atoms with E-state index in [9.17, 15) is 4.79 Å². The van der Waals surface area contributed by atoms with Crippen molar-refractivity contribution in [2.24, 2.45) is 5.73 Å². The van der Waals surface area contributed by atoms with Crippen LogP contribution in [0.25, 0.3) is 0 Å². The summed E-state index contributed by atoms with van der Waals surface area (Å²) in [6.07, 6.45) is 5.93. The molecule has 1 amide bonds. The Morgan fingerprint density at radius 3 is 2.50 bits per heavy atom. The number of hydrogen-bond donors (Lipinski definition) is 1.